The Hall–Kier alpha value is -9.12. The molecule has 0 fully saturated rings. The minimum Gasteiger partial charge on any atom is -0.309 e. The molecule has 0 amide bonds. The van der Waals surface area contributed by atoms with E-state index in [9.17, 15) is 0 Å². The van der Waals surface area contributed by atoms with Gasteiger partial charge in [-0.25, -0.2) is 0 Å². The lowest BCUT2D eigenvalue weighted by Gasteiger charge is -2.33. The first kappa shape index (κ1) is 55.7. The highest BCUT2D eigenvalue weighted by atomic mass is 15.0. The van der Waals surface area contributed by atoms with E-state index >= 15 is 0 Å². The van der Waals surface area contributed by atoms with Crippen molar-refractivity contribution in [2.45, 2.75) is 123 Å². The van der Waals surface area contributed by atoms with E-state index in [1.54, 1.807) is 5.56 Å². The van der Waals surface area contributed by atoms with Gasteiger partial charge in [-0.1, -0.05) is 230 Å². The van der Waals surface area contributed by atoms with Crippen LogP contribution in [-0.4, -0.2) is 19.1 Å². The first-order chi connectivity index (χ1) is 42.8. The monoisotopic (exact) mass is 1130 g/mol. The number of aryl methyl sites for hydroxylation is 2. The fourth-order valence-corrected chi connectivity index (χ4v) is 14.6. The maximum atomic E-state index is 4.88. The summed E-state index contributed by atoms with van der Waals surface area (Å²) >= 11 is 0. The molecule has 0 aliphatic heterocycles. The predicted molar refractivity (Wildman–Crippen MR) is 370 cm³/mol. The first-order valence-corrected chi connectivity index (χ1v) is 32.4. The lowest BCUT2D eigenvalue weighted by atomic mass is 9.70. The van der Waals surface area contributed by atoms with Crippen molar-refractivity contribution >= 4 is 43.6 Å². The molecule has 1 aliphatic carbocycles. The van der Waals surface area contributed by atoms with E-state index in [1.165, 1.54) is 200 Å². The van der Waals surface area contributed by atoms with Crippen LogP contribution in [0.4, 0.5) is 0 Å². The van der Waals surface area contributed by atoms with Crippen LogP contribution >= 0.6 is 0 Å². The minimum absolute atomic E-state index is 0.0719. The van der Waals surface area contributed by atoms with E-state index in [2.05, 4.69) is 242 Å². The summed E-state index contributed by atoms with van der Waals surface area (Å²) in [7, 11) is 0. The quantitative estimate of drug-likeness (QED) is 0.0672. The molecule has 430 valence electrons. The topological polar surface area (TPSA) is 35.6 Å². The highest BCUT2D eigenvalue weighted by Gasteiger charge is 2.43. The number of hydrogen-bond donors (Lipinski definition) is 0. The molecule has 4 nitrogen and oxygen atoms in total. The van der Waals surface area contributed by atoms with Gasteiger partial charge in [0.15, 0.2) is 0 Å². The molecule has 4 heteroatoms. The number of unbranched alkanes of at least 4 members (excludes halogenated alkanes) is 10. The van der Waals surface area contributed by atoms with Gasteiger partial charge in [-0.2, -0.15) is 0 Å². The van der Waals surface area contributed by atoms with Crippen molar-refractivity contribution in [1.82, 2.24) is 19.1 Å². The zero-order chi connectivity index (χ0) is 58.8. The maximum absolute atomic E-state index is 4.88. The maximum Gasteiger partial charge on any atom is 0.0887 e. The van der Waals surface area contributed by atoms with Gasteiger partial charge in [-0.15, -0.1) is 0 Å². The molecule has 0 saturated heterocycles. The average Bonchev–Trinajstić information content (AvgIpc) is 1.81. The molecule has 0 unspecified atom stereocenters. The molecule has 4 aromatic heterocycles. The van der Waals surface area contributed by atoms with Gasteiger partial charge in [-0.3, -0.25) is 9.97 Å². The molecule has 14 rings (SSSR count). The number of hydrogen-bond acceptors (Lipinski definition) is 2. The Morgan fingerprint density at radius 2 is 0.782 bits per heavy atom. The minimum atomic E-state index is -0.0719. The van der Waals surface area contributed by atoms with E-state index in [-0.39, 0.29) is 5.41 Å². The second-order valence-electron chi connectivity index (χ2n) is 24.9. The Kier molecular flexibility index (Phi) is 15.6. The molecular weight excluding hydrogens is 1050 g/mol. The highest BCUT2D eigenvalue weighted by molar-refractivity contribution is 6.13. The number of nitrogens with zero attached hydrogens (tertiary/aromatic N) is 4. The number of para-hydroxylation sites is 2. The van der Waals surface area contributed by atoms with E-state index in [0.29, 0.717) is 0 Å². The number of aromatic nitrogens is 4. The zero-order valence-corrected chi connectivity index (χ0v) is 51.1. The Labute approximate surface area is 514 Å². The van der Waals surface area contributed by atoms with Gasteiger partial charge in [0.1, 0.15) is 0 Å². The van der Waals surface area contributed by atoms with Crippen molar-refractivity contribution in [2.24, 2.45) is 0 Å². The van der Waals surface area contributed by atoms with Crippen LogP contribution in [0.2, 0.25) is 0 Å². The summed E-state index contributed by atoms with van der Waals surface area (Å²) in [4.78, 5) is 9.42. The van der Waals surface area contributed by atoms with Gasteiger partial charge < -0.3 is 9.13 Å². The standard InChI is InChI=1S/C83H78N4/c1-5-7-9-11-13-20-46-83(47-21-14-12-10-8-6-2)75-54-64(61-34-32-60(33-35-61)59-30-28-57(3)29-31-59)36-41-69(75)70-42-37-65(55-76(70)83)66-49-58(4)50-68(51-66)87-80-27-18-16-24-72(80)74-53-63(39-45-82(74)87)62-38-44-81-73(52-62)71-23-15-17-26-79(71)86(81)67-40-43-78(85-56-67)77-25-19-22-48-84-77/h15-19,22-45,48-56H,5-14,20-21,46-47H2,1-4H3. The average molecular weight is 1130 g/mol. The third-order valence-electron chi connectivity index (χ3n) is 19.1. The van der Waals surface area contributed by atoms with Gasteiger partial charge in [-0.05, 0) is 184 Å². The fourth-order valence-electron chi connectivity index (χ4n) is 14.6. The molecule has 4 heterocycles. The second-order valence-corrected chi connectivity index (χ2v) is 24.9. The van der Waals surface area contributed by atoms with E-state index < -0.39 is 0 Å². The number of pyridine rings is 2. The van der Waals surface area contributed by atoms with Crippen LogP contribution < -0.4 is 0 Å². The van der Waals surface area contributed by atoms with Crippen LogP contribution in [0.5, 0.6) is 0 Å². The number of rotatable bonds is 21. The van der Waals surface area contributed by atoms with Crippen LogP contribution in [0.3, 0.4) is 0 Å². The van der Waals surface area contributed by atoms with Crippen molar-refractivity contribution in [3.05, 3.63) is 253 Å². The Bertz CT molecular complexity index is 4580. The van der Waals surface area contributed by atoms with Crippen molar-refractivity contribution < 1.29 is 0 Å². The normalized spacial score (nSPS) is 12.6. The number of fused-ring (bicyclic) bond motifs is 9. The molecule has 0 N–H and O–H groups in total. The molecule has 0 radical (unpaired) electrons. The second kappa shape index (κ2) is 24.3. The molecule has 0 atom stereocenters. The van der Waals surface area contributed by atoms with Crippen LogP contribution in [0.25, 0.3) is 122 Å². The first-order valence-electron chi connectivity index (χ1n) is 32.4. The Morgan fingerprint density at radius 1 is 0.322 bits per heavy atom. The SMILES string of the molecule is CCCCCCCCC1(CCCCCCCC)c2cc(-c3ccc(-c4ccc(C)cc4)cc3)ccc2-c2ccc(-c3cc(C)cc(-n4c5ccccc5c5cc(-c6ccc7c(c6)c6ccccc6n7-c6ccc(-c7ccccn7)nc6)ccc54)c3)cc21. The summed E-state index contributed by atoms with van der Waals surface area (Å²) in [5.74, 6) is 0. The van der Waals surface area contributed by atoms with Crippen LogP contribution in [0.15, 0.2) is 231 Å². The summed E-state index contributed by atoms with van der Waals surface area (Å²) in [5.41, 5.74) is 27.1. The predicted octanol–water partition coefficient (Wildman–Crippen LogP) is 23.4. The van der Waals surface area contributed by atoms with Crippen molar-refractivity contribution in [2.75, 3.05) is 0 Å². The van der Waals surface area contributed by atoms with Crippen LogP contribution in [0.1, 0.15) is 126 Å². The summed E-state index contributed by atoms with van der Waals surface area (Å²) in [5, 5.41) is 4.94. The smallest absolute Gasteiger partial charge is 0.0887 e. The summed E-state index contributed by atoms with van der Waals surface area (Å²) in [6.07, 6.45) is 21.7. The van der Waals surface area contributed by atoms with E-state index in [1.807, 2.05) is 30.6 Å². The summed E-state index contributed by atoms with van der Waals surface area (Å²) in [6.45, 7) is 9.10. The molecular formula is C83H78N4. The fraction of sp³-hybridized carbons (Fsp3) is 0.229. The van der Waals surface area contributed by atoms with Gasteiger partial charge in [0, 0.05) is 38.8 Å². The third kappa shape index (κ3) is 10.7. The highest BCUT2D eigenvalue weighted by Crippen LogP contribution is 2.56. The summed E-state index contributed by atoms with van der Waals surface area (Å²) in [6, 6.07) is 82.5. The largest absolute Gasteiger partial charge is 0.309 e. The summed E-state index contributed by atoms with van der Waals surface area (Å²) < 4.78 is 4.85. The van der Waals surface area contributed by atoms with Crippen molar-refractivity contribution in [3.8, 4) is 78.4 Å². The molecule has 0 saturated carbocycles. The number of benzene rings is 9. The molecule has 87 heavy (non-hydrogen) atoms. The molecule has 9 aromatic carbocycles. The molecule has 13 aromatic rings. The zero-order valence-electron chi connectivity index (χ0n) is 51.1. The van der Waals surface area contributed by atoms with Crippen LogP contribution in [-0.2, 0) is 5.41 Å². The lowest BCUT2D eigenvalue weighted by molar-refractivity contribution is 0.398. The Morgan fingerprint density at radius 3 is 1.33 bits per heavy atom. The molecule has 0 bridgehead atoms. The van der Waals surface area contributed by atoms with Gasteiger partial charge >= 0.3 is 0 Å². The van der Waals surface area contributed by atoms with Crippen molar-refractivity contribution in [3.63, 3.8) is 0 Å². The van der Waals surface area contributed by atoms with E-state index in [4.69, 9.17) is 4.98 Å². The van der Waals surface area contributed by atoms with Gasteiger partial charge in [0.05, 0.1) is 45.3 Å². The van der Waals surface area contributed by atoms with Gasteiger partial charge in [0.2, 0.25) is 0 Å². The molecule has 1 aliphatic rings. The van der Waals surface area contributed by atoms with Gasteiger partial charge in [0.25, 0.3) is 0 Å². The van der Waals surface area contributed by atoms with Crippen LogP contribution in [0, 0.1) is 13.8 Å². The lowest BCUT2D eigenvalue weighted by Crippen LogP contribution is -2.25. The molecule has 0 spiro atoms. The Balaban J connectivity index is 0.832. The van der Waals surface area contributed by atoms with E-state index in [0.717, 1.165) is 28.1 Å². The third-order valence-corrected chi connectivity index (χ3v) is 19.1. The van der Waals surface area contributed by atoms with Crippen molar-refractivity contribution in [1.29, 1.82) is 0 Å².